The van der Waals surface area contributed by atoms with Gasteiger partial charge in [0.05, 0.1) is 11.5 Å². The van der Waals surface area contributed by atoms with Crippen LogP contribution in [0, 0.1) is 21.4 Å². The Morgan fingerprint density at radius 3 is 2.55 bits per heavy atom. The minimum atomic E-state index is -0.393. The van der Waals surface area contributed by atoms with Gasteiger partial charge in [-0.3, -0.25) is 10.1 Å². The molecule has 0 aliphatic heterocycles. The number of nitrogens with zero attached hydrogens (tertiary/aromatic N) is 1. The van der Waals surface area contributed by atoms with E-state index in [0.29, 0.717) is 30.5 Å². The third kappa shape index (κ3) is 3.85. The van der Waals surface area contributed by atoms with E-state index in [2.05, 4.69) is 33.0 Å². The smallest absolute Gasteiger partial charge is 0.333 e. The Labute approximate surface area is 120 Å². The number of nitro benzene ring substituents is 1. The van der Waals surface area contributed by atoms with Gasteiger partial charge in [0.25, 0.3) is 0 Å². The molecule has 1 aromatic carbocycles. The number of benzene rings is 1. The van der Waals surface area contributed by atoms with Gasteiger partial charge in [-0.25, -0.2) is 0 Å². The summed E-state index contributed by atoms with van der Waals surface area (Å²) in [7, 11) is 0. The van der Waals surface area contributed by atoms with Crippen molar-refractivity contribution in [3.63, 3.8) is 0 Å². The van der Waals surface area contributed by atoms with Crippen LogP contribution in [0.2, 0.25) is 0 Å². The van der Waals surface area contributed by atoms with Crippen molar-refractivity contribution in [2.24, 2.45) is 11.3 Å². The minimum Gasteiger partial charge on any atom is -0.487 e. The average molecular weight is 280 g/mol. The molecule has 0 saturated heterocycles. The van der Waals surface area contributed by atoms with Crippen molar-refractivity contribution in [3.8, 4) is 5.75 Å². The van der Waals surface area contributed by atoms with E-state index in [0.717, 1.165) is 0 Å². The SMILES string of the molecule is CCOc1cccc(NCC(C)(C)C(C)C)c1[N+](=O)[O-]. The Morgan fingerprint density at radius 2 is 2.05 bits per heavy atom. The highest BCUT2D eigenvalue weighted by molar-refractivity contribution is 5.68. The Hall–Kier alpha value is -1.78. The minimum absolute atomic E-state index is 0.00825. The van der Waals surface area contributed by atoms with E-state index in [-0.39, 0.29) is 11.1 Å². The van der Waals surface area contributed by atoms with Gasteiger partial charge in [0.15, 0.2) is 5.75 Å². The highest BCUT2D eigenvalue weighted by atomic mass is 16.6. The Kier molecular flexibility index (Phi) is 5.36. The summed E-state index contributed by atoms with van der Waals surface area (Å²) < 4.78 is 5.34. The van der Waals surface area contributed by atoms with Crippen LogP contribution in [0.25, 0.3) is 0 Å². The van der Waals surface area contributed by atoms with E-state index in [1.807, 2.05) is 6.92 Å². The largest absolute Gasteiger partial charge is 0.487 e. The predicted molar refractivity (Wildman–Crippen MR) is 81.4 cm³/mol. The molecular weight excluding hydrogens is 256 g/mol. The molecular formula is C15H24N2O3. The molecule has 5 heteroatoms. The first-order valence-electron chi connectivity index (χ1n) is 6.93. The fraction of sp³-hybridized carbons (Fsp3) is 0.600. The molecule has 1 aromatic rings. The Bertz CT molecular complexity index is 470. The maximum atomic E-state index is 11.3. The van der Waals surface area contributed by atoms with Crippen molar-refractivity contribution in [1.29, 1.82) is 0 Å². The molecule has 0 aromatic heterocycles. The lowest BCUT2D eigenvalue weighted by Crippen LogP contribution is -2.28. The monoisotopic (exact) mass is 280 g/mol. The first-order valence-corrected chi connectivity index (χ1v) is 6.93. The van der Waals surface area contributed by atoms with E-state index < -0.39 is 4.92 Å². The fourth-order valence-electron chi connectivity index (χ4n) is 1.65. The lowest BCUT2D eigenvalue weighted by Gasteiger charge is -2.29. The summed E-state index contributed by atoms with van der Waals surface area (Å²) in [4.78, 5) is 10.9. The molecule has 0 bridgehead atoms. The summed E-state index contributed by atoms with van der Waals surface area (Å²) in [5, 5.41) is 14.5. The molecule has 0 aliphatic rings. The number of nitro groups is 1. The molecule has 0 spiro atoms. The van der Waals surface area contributed by atoms with E-state index in [4.69, 9.17) is 4.74 Å². The first-order chi connectivity index (χ1) is 9.29. The van der Waals surface area contributed by atoms with E-state index >= 15 is 0 Å². The van der Waals surface area contributed by atoms with Crippen molar-refractivity contribution >= 4 is 11.4 Å². The lowest BCUT2D eigenvalue weighted by molar-refractivity contribution is -0.384. The van der Waals surface area contributed by atoms with Crippen molar-refractivity contribution in [2.45, 2.75) is 34.6 Å². The zero-order valence-electron chi connectivity index (χ0n) is 12.9. The summed E-state index contributed by atoms with van der Waals surface area (Å²) in [6.45, 7) is 11.5. The summed E-state index contributed by atoms with van der Waals surface area (Å²) in [5.74, 6) is 0.786. The second-order valence-corrected chi connectivity index (χ2v) is 5.84. The number of ether oxygens (including phenoxy) is 1. The van der Waals surface area contributed by atoms with Crippen LogP contribution in [-0.4, -0.2) is 18.1 Å². The summed E-state index contributed by atoms with van der Waals surface area (Å²) in [5.41, 5.74) is 0.568. The van der Waals surface area contributed by atoms with Gasteiger partial charge in [-0.2, -0.15) is 0 Å². The van der Waals surface area contributed by atoms with Crippen LogP contribution in [0.4, 0.5) is 11.4 Å². The normalized spacial score (nSPS) is 11.5. The number of para-hydroxylation sites is 1. The predicted octanol–water partition coefficient (Wildman–Crippen LogP) is 4.09. The fourth-order valence-corrected chi connectivity index (χ4v) is 1.65. The van der Waals surface area contributed by atoms with Crippen molar-refractivity contribution in [1.82, 2.24) is 0 Å². The van der Waals surface area contributed by atoms with Crippen molar-refractivity contribution in [3.05, 3.63) is 28.3 Å². The molecule has 5 nitrogen and oxygen atoms in total. The van der Waals surface area contributed by atoms with Crippen LogP contribution < -0.4 is 10.1 Å². The van der Waals surface area contributed by atoms with Crippen LogP contribution >= 0.6 is 0 Å². The van der Waals surface area contributed by atoms with Crippen LogP contribution in [0.3, 0.4) is 0 Å². The van der Waals surface area contributed by atoms with Gasteiger partial charge in [0, 0.05) is 6.54 Å². The zero-order chi connectivity index (χ0) is 15.3. The molecule has 1 rings (SSSR count). The highest BCUT2D eigenvalue weighted by Gasteiger charge is 2.25. The zero-order valence-corrected chi connectivity index (χ0v) is 12.9. The van der Waals surface area contributed by atoms with Crippen molar-refractivity contribution in [2.75, 3.05) is 18.5 Å². The summed E-state index contributed by atoms with van der Waals surface area (Å²) >= 11 is 0. The maximum Gasteiger partial charge on any atom is 0.333 e. The Morgan fingerprint density at radius 1 is 1.40 bits per heavy atom. The number of hydrogen-bond acceptors (Lipinski definition) is 4. The van der Waals surface area contributed by atoms with Crippen LogP contribution in [0.15, 0.2) is 18.2 Å². The van der Waals surface area contributed by atoms with Gasteiger partial charge in [-0.05, 0) is 30.4 Å². The van der Waals surface area contributed by atoms with Gasteiger partial charge in [-0.1, -0.05) is 33.8 Å². The van der Waals surface area contributed by atoms with E-state index in [9.17, 15) is 10.1 Å². The van der Waals surface area contributed by atoms with Gasteiger partial charge >= 0.3 is 5.69 Å². The molecule has 1 N–H and O–H groups in total. The molecule has 112 valence electrons. The summed E-state index contributed by atoms with van der Waals surface area (Å²) in [6, 6.07) is 5.11. The average Bonchev–Trinajstić information content (AvgIpc) is 2.36. The van der Waals surface area contributed by atoms with E-state index in [1.54, 1.807) is 18.2 Å². The molecule has 0 radical (unpaired) electrons. The first kappa shape index (κ1) is 16.3. The maximum absolute atomic E-state index is 11.3. The van der Waals surface area contributed by atoms with Gasteiger partial charge in [-0.15, -0.1) is 0 Å². The molecule has 0 amide bonds. The van der Waals surface area contributed by atoms with Crippen LogP contribution in [0.5, 0.6) is 5.75 Å². The topological polar surface area (TPSA) is 64.4 Å². The number of nitrogens with one attached hydrogen (secondary N) is 1. The van der Waals surface area contributed by atoms with E-state index in [1.165, 1.54) is 0 Å². The van der Waals surface area contributed by atoms with Gasteiger partial charge in [0.1, 0.15) is 5.69 Å². The molecule has 0 heterocycles. The Balaban J connectivity index is 3.00. The number of hydrogen-bond donors (Lipinski definition) is 1. The van der Waals surface area contributed by atoms with Crippen LogP contribution in [-0.2, 0) is 0 Å². The molecule has 0 atom stereocenters. The second kappa shape index (κ2) is 6.59. The number of rotatable bonds is 7. The van der Waals surface area contributed by atoms with Crippen LogP contribution in [0.1, 0.15) is 34.6 Å². The summed E-state index contributed by atoms with van der Waals surface area (Å²) in [6.07, 6.45) is 0. The molecule has 0 aliphatic carbocycles. The van der Waals surface area contributed by atoms with Gasteiger partial charge in [0.2, 0.25) is 0 Å². The second-order valence-electron chi connectivity index (χ2n) is 5.84. The molecule has 0 saturated carbocycles. The highest BCUT2D eigenvalue weighted by Crippen LogP contribution is 2.36. The third-order valence-corrected chi connectivity index (χ3v) is 3.78. The van der Waals surface area contributed by atoms with Crippen molar-refractivity contribution < 1.29 is 9.66 Å². The third-order valence-electron chi connectivity index (χ3n) is 3.78. The quantitative estimate of drug-likeness (QED) is 0.603. The molecule has 0 fully saturated rings. The van der Waals surface area contributed by atoms with Gasteiger partial charge < -0.3 is 10.1 Å². The molecule has 20 heavy (non-hydrogen) atoms. The number of anilines is 1. The lowest BCUT2D eigenvalue weighted by atomic mass is 9.81. The molecule has 0 unspecified atom stereocenters. The standard InChI is InChI=1S/C15H24N2O3/c1-6-20-13-9-7-8-12(14(13)17(18)19)16-10-15(4,5)11(2)3/h7-9,11,16H,6,10H2,1-5H3.